The van der Waals surface area contributed by atoms with E-state index in [4.69, 9.17) is 15.6 Å². The maximum Gasteiger partial charge on any atom is 0.203 e. The van der Waals surface area contributed by atoms with Crippen LogP contribution in [0.1, 0.15) is 41.0 Å². The average molecular weight is 508 g/mol. The number of hydrogen-bond acceptors (Lipinski definition) is 7. The minimum absolute atomic E-state index is 0.104. The number of nitrogens with one attached hydrogen (secondary N) is 2. The first-order valence-corrected chi connectivity index (χ1v) is 12.1. The Bertz CT molecular complexity index is 1750. The fraction of sp³-hybridized carbons (Fsp3) is 0.133. The Hall–Kier alpha value is -4.85. The number of anilines is 2. The molecule has 2 aromatic heterocycles. The maximum absolute atomic E-state index is 14.7. The Morgan fingerprint density at radius 3 is 2.50 bits per heavy atom. The monoisotopic (exact) mass is 507 g/mol. The third kappa shape index (κ3) is 4.52. The van der Waals surface area contributed by atoms with Crippen molar-refractivity contribution in [3.8, 4) is 11.1 Å². The molecule has 0 radical (unpaired) electrons. The number of benzene rings is 3. The van der Waals surface area contributed by atoms with Gasteiger partial charge in [-0.1, -0.05) is 65.7 Å². The summed E-state index contributed by atoms with van der Waals surface area (Å²) in [5, 5.41) is 12.0. The van der Waals surface area contributed by atoms with Crippen LogP contribution in [0.3, 0.4) is 0 Å². The van der Waals surface area contributed by atoms with Crippen molar-refractivity contribution in [2.75, 3.05) is 11.1 Å². The second kappa shape index (κ2) is 9.89. The summed E-state index contributed by atoms with van der Waals surface area (Å²) in [6.45, 7) is 5.69. The fourth-order valence-electron chi connectivity index (χ4n) is 4.49. The van der Waals surface area contributed by atoms with Gasteiger partial charge in [0.05, 0.1) is 22.9 Å². The molecule has 8 heteroatoms. The van der Waals surface area contributed by atoms with Gasteiger partial charge in [-0.25, -0.2) is 14.4 Å². The highest BCUT2D eigenvalue weighted by atomic mass is 19.1. The van der Waals surface area contributed by atoms with Crippen LogP contribution in [-0.4, -0.2) is 15.7 Å². The van der Waals surface area contributed by atoms with E-state index < -0.39 is 17.3 Å². The molecular formula is C30H26FN5O2. The molecule has 0 saturated carbocycles. The zero-order valence-corrected chi connectivity index (χ0v) is 21.2. The SMILES string of the molecule is Cc1ccc(C(=N)c2c(N)ncnc2NC(C)c2oc3cccc(F)c3c(=O)c2-c2cccc(C)c2)cc1. The van der Waals surface area contributed by atoms with Gasteiger partial charge in [0, 0.05) is 5.56 Å². The minimum Gasteiger partial charge on any atom is -0.458 e. The first-order chi connectivity index (χ1) is 18.2. The van der Waals surface area contributed by atoms with E-state index in [2.05, 4.69) is 15.3 Å². The van der Waals surface area contributed by atoms with Gasteiger partial charge in [-0.05, 0) is 38.5 Å². The molecule has 3 aromatic carbocycles. The van der Waals surface area contributed by atoms with E-state index in [-0.39, 0.29) is 28.1 Å². The molecule has 5 rings (SSSR count). The number of nitrogens with two attached hydrogens (primary N) is 1. The lowest BCUT2D eigenvalue weighted by atomic mass is 9.97. The van der Waals surface area contributed by atoms with E-state index in [0.29, 0.717) is 28.3 Å². The lowest BCUT2D eigenvalue weighted by molar-refractivity contribution is 0.513. The van der Waals surface area contributed by atoms with Crippen LogP contribution in [-0.2, 0) is 0 Å². The molecule has 5 aromatic rings. The van der Waals surface area contributed by atoms with Crippen molar-refractivity contribution in [3.05, 3.63) is 117 Å². The Morgan fingerprint density at radius 2 is 1.76 bits per heavy atom. The van der Waals surface area contributed by atoms with Gasteiger partial charge in [0.25, 0.3) is 0 Å². The summed E-state index contributed by atoms with van der Waals surface area (Å²) >= 11 is 0. The van der Waals surface area contributed by atoms with E-state index in [1.165, 1.54) is 18.5 Å². The number of hydrogen-bond donors (Lipinski definition) is 3. The van der Waals surface area contributed by atoms with Crippen LogP contribution in [0.5, 0.6) is 0 Å². The number of aryl methyl sites for hydroxylation is 2. The van der Waals surface area contributed by atoms with Crippen LogP contribution in [0.25, 0.3) is 22.1 Å². The van der Waals surface area contributed by atoms with Crippen LogP contribution in [0, 0.1) is 25.1 Å². The van der Waals surface area contributed by atoms with Crippen molar-refractivity contribution < 1.29 is 8.81 Å². The highest BCUT2D eigenvalue weighted by Crippen LogP contribution is 2.33. The lowest BCUT2D eigenvalue weighted by Crippen LogP contribution is -2.19. The molecule has 190 valence electrons. The quantitative estimate of drug-likeness (QED) is 0.236. The molecule has 2 heterocycles. The predicted molar refractivity (Wildman–Crippen MR) is 148 cm³/mol. The predicted octanol–water partition coefficient (Wildman–Crippen LogP) is 6.18. The first kappa shape index (κ1) is 24.8. The van der Waals surface area contributed by atoms with Gasteiger partial charge in [-0.2, -0.15) is 0 Å². The van der Waals surface area contributed by atoms with Gasteiger partial charge >= 0.3 is 0 Å². The fourth-order valence-corrected chi connectivity index (χ4v) is 4.49. The number of nitrogens with zero attached hydrogens (tertiary/aromatic N) is 2. The van der Waals surface area contributed by atoms with E-state index in [9.17, 15) is 9.18 Å². The number of rotatable bonds is 6. The third-order valence-corrected chi connectivity index (χ3v) is 6.42. The maximum atomic E-state index is 14.7. The molecular weight excluding hydrogens is 481 g/mol. The topological polar surface area (TPSA) is 118 Å². The van der Waals surface area contributed by atoms with Crippen LogP contribution in [0.15, 0.2) is 82.3 Å². The van der Waals surface area contributed by atoms with Gasteiger partial charge in [0.1, 0.15) is 40.5 Å². The van der Waals surface area contributed by atoms with Crippen molar-refractivity contribution in [2.45, 2.75) is 26.8 Å². The van der Waals surface area contributed by atoms with Crippen LogP contribution >= 0.6 is 0 Å². The minimum atomic E-state index is -0.644. The highest BCUT2D eigenvalue weighted by Gasteiger charge is 2.25. The molecule has 0 aliphatic rings. The molecule has 0 bridgehead atoms. The molecule has 0 amide bonds. The van der Waals surface area contributed by atoms with Crippen molar-refractivity contribution >= 4 is 28.3 Å². The summed E-state index contributed by atoms with van der Waals surface area (Å²) in [6, 6.07) is 18.6. The highest BCUT2D eigenvalue weighted by molar-refractivity contribution is 6.16. The van der Waals surface area contributed by atoms with Gasteiger partial charge in [0.15, 0.2) is 0 Å². The third-order valence-electron chi connectivity index (χ3n) is 6.42. The summed E-state index contributed by atoms with van der Waals surface area (Å²) in [4.78, 5) is 22.1. The van der Waals surface area contributed by atoms with Gasteiger partial charge in [-0.3, -0.25) is 10.2 Å². The number of aromatic nitrogens is 2. The van der Waals surface area contributed by atoms with Gasteiger partial charge < -0.3 is 15.5 Å². The van der Waals surface area contributed by atoms with Crippen molar-refractivity contribution in [1.29, 1.82) is 5.41 Å². The normalized spacial score (nSPS) is 11.9. The molecule has 0 aliphatic carbocycles. The first-order valence-electron chi connectivity index (χ1n) is 12.1. The average Bonchev–Trinajstić information content (AvgIpc) is 2.88. The Balaban J connectivity index is 1.65. The van der Waals surface area contributed by atoms with Crippen LogP contribution in [0.4, 0.5) is 16.0 Å². The molecule has 1 atom stereocenters. The summed E-state index contributed by atoms with van der Waals surface area (Å²) in [5.41, 5.74) is 9.90. The second-order valence-corrected chi connectivity index (χ2v) is 9.24. The zero-order chi connectivity index (χ0) is 27.0. The molecule has 1 unspecified atom stereocenters. The largest absolute Gasteiger partial charge is 0.458 e. The van der Waals surface area contributed by atoms with Crippen molar-refractivity contribution in [3.63, 3.8) is 0 Å². The summed E-state index contributed by atoms with van der Waals surface area (Å²) in [6.07, 6.45) is 1.31. The second-order valence-electron chi connectivity index (χ2n) is 9.24. The molecule has 38 heavy (non-hydrogen) atoms. The smallest absolute Gasteiger partial charge is 0.203 e. The summed E-state index contributed by atoms with van der Waals surface area (Å²) < 4.78 is 20.9. The van der Waals surface area contributed by atoms with Gasteiger partial charge in [-0.15, -0.1) is 0 Å². The Labute approximate surface area is 218 Å². The van der Waals surface area contributed by atoms with Gasteiger partial charge in [0.2, 0.25) is 5.43 Å². The Morgan fingerprint density at radius 1 is 1.03 bits per heavy atom. The van der Waals surface area contributed by atoms with Crippen LogP contribution in [0.2, 0.25) is 0 Å². The Kier molecular flexibility index (Phi) is 6.46. The molecule has 0 saturated heterocycles. The van der Waals surface area contributed by atoms with Crippen LogP contribution < -0.4 is 16.5 Å². The van der Waals surface area contributed by atoms with E-state index in [1.807, 2.05) is 56.3 Å². The molecule has 7 nitrogen and oxygen atoms in total. The molecule has 0 fully saturated rings. The molecule has 0 spiro atoms. The van der Waals surface area contributed by atoms with E-state index >= 15 is 0 Å². The zero-order valence-electron chi connectivity index (χ0n) is 21.2. The standard InChI is InChI=1S/C30H26FN5O2/c1-16-10-12-19(13-11-16)26(32)25-29(33)34-15-35-30(25)36-18(3)28-23(20-7-4-6-17(2)14-20)27(37)24-21(31)8-5-9-22(24)38-28/h4-15,18,32H,1-3H3,(H3,33,34,35,36). The molecule has 0 aliphatic heterocycles. The number of nitrogen functional groups attached to an aromatic ring is 1. The van der Waals surface area contributed by atoms with E-state index in [0.717, 1.165) is 11.1 Å². The number of halogens is 1. The summed E-state index contributed by atoms with van der Waals surface area (Å²) in [7, 11) is 0. The molecule has 4 N–H and O–H groups in total. The lowest BCUT2D eigenvalue weighted by Gasteiger charge is -2.20. The summed E-state index contributed by atoms with van der Waals surface area (Å²) in [5.74, 6) is 0.118. The number of fused-ring (bicyclic) bond motifs is 1. The van der Waals surface area contributed by atoms with Crippen molar-refractivity contribution in [2.24, 2.45) is 0 Å². The van der Waals surface area contributed by atoms with E-state index in [1.54, 1.807) is 19.1 Å². The van der Waals surface area contributed by atoms with Crippen molar-refractivity contribution in [1.82, 2.24) is 9.97 Å².